The molecule has 0 aliphatic rings. The Balaban J connectivity index is 2.36. The van der Waals surface area contributed by atoms with E-state index in [9.17, 15) is 0 Å². The molecule has 1 heterocycles. The number of hydrogen-bond donors (Lipinski definition) is 2. The fourth-order valence-corrected chi connectivity index (χ4v) is 1.99. The van der Waals surface area contributed by atoms with Gasteiger partial charge in [0.1, 0.15) is 0 Å². The Morgan fingerprint density at radius 1 is 1.35 bits per heavy atom. The Labute approximate surface area is 109 Å². The molecule has 0 amide bonds. The highest BCUT2D eigenvalue weighted by Gasteiger charge is 2.09. The maximum Gasteiger partial charge on any atom is 0.0910 e. The van der Waals surface area contributed by atoms with E-state index in [1.54, 1.807) is 0 Å². The quantitative estimate of drug-likeness (QED) is 0.909. The van der Waals surface area contributed by atoms with E-state index in [0.717, 1.165) is 28.0 Å². The molecule has 0 unspecified atom stereocenters. The van der Waals surface area contributed by atoms with E-state index in [4.69, 9.17) is 5.73 Å². The van der Waals surface area contributed by atoms with Gasteiger partial charge in [-0.05, 0) is 12.1 Å². The van der Waals surface area contributed by atoms with Crippen LogP contribution in [0.1, 0.15) is 0 Å². The van der Waals surface area contributed by atoms with E-state index in [0.29, 0.717) is 6.54 Å². The molecule has 2 aromatic rings. The normalized spacial score (nSPS) is 10.5. The van der Waals surface area contributed by atoms with Crippen molar-refractivity contribution in [3.63, 3.8) is 0 Å². The second kappa shape index (κ2) is 5.33. The van der Waals surface area contributed by atoms with Crippen molar-refractivity contribution in [1.29, 1.82) is 0 Å². The third-order valence-electron chi connectivity index (χ3n) is 2.52. The van der Waals surface area contributed by atoms with Crippen molar-refractivity contribution in [3.8, 4) is 11.3 Å². The summed E-state index contributed by atoms with van der Waals surface area (Å²) < 4.78 is 2.93. The Hall–Kier alpha value is -1.33. The number of rotatable bonds is 4. The van der Waals surface area contributed by atoms with Gasteiger partial charge in [-0.3, -0.25) is 4.68 Å². The third kappa shape index (κ3) is 2.68. The van der Waals surface area contributed by atoms with Gasteiger partial charge in [-0.15, -0.1) is 0 Å². The lowest BCUT2D eigenvalue weighted by Crippen LogP contribution is -2.13. The molecular weight excluding hydrogens is 280 g/mol. The van der Waals surface area contributed by atoms with Gasteiger partial charge < -0.3 is 11.1 Å². The number of nitrogens with zero attached hydrogens (tertiary/aromatic N) is 2. The molecule has 1 aromatic heterocycles. The lowest BCUT2D eigenvalue weighted by molar-refractivity contribution is 0.776. The Morgan fingerprint density at radius 2 is 2.06 bits per heavy atom. The smallest absolute Gasteiger partial charge is 0.0910 e. The maximum absolute atomic E-state index is 5.50. The molecule has 0 fully saturated rings. The predicted octanol–water partition coefficient (Wildman–Crippen LogP) is 2.22. The van der Waals surface area contributed by atoms with Crippen molar-refractivity contribution in [1.82, 2.24) is 9.78 Å². The zero-order chi connectivity index (χ0) is 12.3. The average molecular weight is 295 g/mol. The van der Waals surface area contributed by atoms with E-state index >= 15 is 0 Å². The first kappa shape index (κ1) is 12.1. The number of aryl methyl sites for hydroxylation is 1. The van der Waals surface area contributed by atoms with Crippen molar-refractivity contribution in [2.24, 2.45) is 12.8 Å². The summed E-state index contributed by atoms with van der Waals surface area (Å²) in [5, 5.41) is 7.55. The number of nitrogens with one attached hydrogen (secondary N) is 1. The minimum Gasteiger partial charge on any atom is -0.381 e. The van der Waals surface area contributed by atoms with Gasteiger partial charge in [0.2, 0.25) is 0 Å². The molecular formula is C12H15BrN4. The minimum atomic E-state index is 0.606. The predicted molar refractivity (Wildman–Crippen MR) is 73.9 cm³/mol. The minimum absolute atomic E-state index is 0.606. The highest BCUT2D eigenvalue weighted by atomic mass is 79.9. The first-order chi connectivity index (χ1) is 8.22. The van der Waals surface area contributed by atoms with Crippen LogP contribution in [0.4, 0.5) is 5.69 Å². The second-order valence-electron chi connectivity index (χ2n) is 3.75. The standard InChI is InChI=1S/C12H15BrN4/c1-17-12(9-2-4-10(13)5-3-9)11(8-16-17)15-7-6-14/h2-5,8,15H,6-7,14H2,1H3. The van der Waals surface area contributed by atoms with Crippen LogP contribution in [0.5, 0.6) is 0 Å². The summed E-state index contributed by atoms with van der Waals surface area (Å²) in [6, 6.07) is 8.17. The highest BCUT2D eigenvalue weighted by Crippen LogP contribution is 2.28. The van der Waals surface area contributed by atoms with Crippen LogP contribution in [0.2, 0.25) is 0 Å². The molecule has 0 atom stereocenters. The second-order valence-corrected chi connectivity index (χ2v) is 4.67. The summed E-state index contributed by atoms with van der Waals surface area (Å²) in [6.45, 7) is 1.35. The fraction of sp³-hybridized carbons (Fsp3) is 0.250. The van der Waals surface area contributed by atoms with Crippen molar-refractivity contribution < 1.29 is 0 Å². The number of anilines is 1. The van der Waals surface area contributed by atoms with Crippen LogP contribution in [-0.2, 0) is 7.05 Å². The number of nitrogens with two attached hydrogens (primary N) is 1. The number of hydrogen-bond acceptors (Lipinski definition) is 3. The van der Waals surface area contributed by atoms with Gasteiger partial charge in [0.25, 0.3) is 0 Å². The molecule has 4 nitrogen and oxygen atoms in total. The van der Waals surface area contributed by atoms with Crippen LogP contribution in [-0.4, -0.2) is 22.9 Å². The van der Waals surface area contributed by atoms with Gasteiger partial charge in [-0.25, -0.2) is 0 Å². The average Bonchev–Trinajstić information content (AvgIpc) is 2.69. The molecule has 90 valence electrons. The van der Waals surface area contributed by atoms with Crippen LogP contribution in [0.3, 0.4) is 0 Å². The molecule has 0 aliphatic carbocycles. The number of benzene rings is 1. The Morgan fingerprint density at radius 3 is 2.71 bits per heavy atom. The monoisotopic (exact) mass is 294 g/mol. The summed E-state index contributed by atoms with van der Waals surface area (Å²) in [7, 11) is 1.94. The lowest BCUT2D eigenvalue weighted by atomic mass is 10.1. The van der Waals surface area contributed by atoms with Gasteiger partial charge >= 0.3 is 0 Å². The molecule has 0 bridgehead atoms. The first-order valence-corrected chi connectivity index (χ1v) is 6.23. The van der Waals surface area contributed by atoms with Crippen LogP contribution < -0.4 is 11.1 Å². The van der Waals surface area contributed by atoms with E-state index in [1.807, 2.05) is 30.1 Å². The van der Waals surface area contributed by atoms with Crippen LogP contribution in [0.15, 0.2) is 34.9 Å². The largest absolute Gasteiger partial charge is 0.381 e. The van der Waals surface area contributed by atoms with Crippen LogP contribution >= 0.6 is 15.9 Å². The topological polar surface area (TPSA) is 55.9 Å². The third-order valence-corrected chi connectivity index (χ3v) is 3.04. The molecule has 0 radical (unpaired) electrons. The zero-order valence-electron chi connectivity index (χ0n) is 9.65. The van der Waals surface area contributed by atoms with Gasteiger partial charge in [-0.2, -0.15) is 5.10 Å². The molecule has 0 saturated carbocycles. The SMILES string of the molecule is Cn1ncc(NCCN)c1-c1ccc(Br)cc1. The molecule has 3 N–H and O–H groups in total. The highest BCUT2D eigenvalue weighted by molar-refractivity contribution is 9.10. The van der Waals surface area contributed by atoms with E-state index in [-0.39, 0.29) is 0 Å². The van der Waals surface area contributed by atoms with E-state index in [1.165, 1.54) is 0 Å². The Bertz CT molecular complexity index is 490. The molecule has 17 heavy (non-hydrogen) atoms. The summed E-state index contributed by atoms with van der Waals surface area (Å²) >= 11 is 3.43. The fourth-order valence-electron chi connectivity index (χ4n) is 1.72. The summed E-state index contributed by atoms with van der Waals surface area (Å²) in [4.78, 5) is 0. The van der Waals surface area contributed by atoms with Crippen molar-refractivity contribution in [2.75, 3.05) is 18.4 Å². The van der Waals surface area contributed by atoms with E-state index < -0.39 is 0 Å². The molecule has 0 spiro atoms. The van der Waals surface area contributed by atoms with Gasteiger partial charge in [0.05, 0.1) is 17.6 Å². The molecule has 2 rings (SSSR count). The van der Waals surface area contributed by atoms with Gasteiger partial charge in [0, 0.05) is 30.2 Å². The molecule has 5 heteroatoms. The van der Waals surface area contributed by atoms with Gasteiger partial charge in [0.15, 0.2) is 0 Å². The zero-order valence-corrected chi connectivity index (χ0v) is 11.2. The van der Waals surface area contributed by atoms with Crippen molar-refractivity contribution in [2.45, 2.75) is 0 Å². The summed E-state index contributed by atoms with van der Waals surface area (Å²) in [5.41, 5.74) is 8.72. The summed E-state index contributed by atoms with van der Waals surface area (Å²) in [6.07, 6.45) is 1.83. The first-order valence-electron chi connectivity index (χ1n) is 5.44. The van der Waals surface area contributed by atoms with Crippen molar-refractivity contribution in [3.05, 3.63) is 34.9 Å². The van der Waals surface area contributed by atoms with Crippen molar-refractivity contribution >= 4 is 21.6 Å². The van der Waals surface area contributed by atoms with Crippen LogP contribution in [0, 0.1) is 0 Å². The van der Waals surface area contributed by atoms with Crippen LogP contribution in [0.25, 0.3) is 11.3 Å². The summed E-state index contributed by atoms with van der Waals surface area (Å²) in [5.74, 6) is 0. The number of halogens is 1. The van der Waals surface area contributed by atoms with Gasteiger partial charge in [-0.1, -0.05) is 28.1 Å². The lowest BCUT2D eigenvalue weighted by Gasteiger charge is -2.08. The maximum atomic E-state index is 5.50. The molecule has 1 aromatic carbocycles. The molecule has 0 aliphatic heterocycles. The van der Waals surface area contributed by atoms with E-state index in [2.05, 4.69) is 38.5 Å². The Kier molecular flexibility index (Phi) is 3.81. The molecule has 0 saturated heterocycles. The number of aromatic nitrogens is 2.